The SMILES string of the molecule is CC1CCC2(CNCC2C(=O)O)C1. The molecule has 3 heteroatoms. The Balaban J connectivity index is 2.16. The van der Waals surface area contributed by atoms with E-state index in [9.17, 15) is 4.79 Å². The fourth-order valence-corrected chi connectivity index (χ4v) is 3.06. The van der Waals surface area contributed by atoms with Crippen LogP contribution in [0.1, 0.15) is 26.2 Å². The zero-order valence-corrected chi connectivity index (χ0v) is 8.05. The summed E-state index contributed by atoms with van der Waals surface area (Å²) < 4.78 is 0. The number of aliphatic carboxylic acids is 1. The summed E-state index contributed by atoms with van der Waals surface area (Å²) in [6.45, 7) is 3.81. The molecule has 2 aliphatic rings. The predicted octanol–water partition coefficient (Wildman–Crippen LogP) is 1.10. The lowest BCUT2D eigenvalue weighted by Crippen LogP contribution is -2.32. The quantitative estimate of drug-likeness (QED) is 0.640. The van der Waals surface area contributed by atoms with E-state index < -0.39 is 5.97 Å². The third-order valence-electron chi connectivity index (χ3n) is 3.75. The molecule has 1 spiro atoms. The highest BCUT2D eigenvalue weighted by atomic mass is 16.4. The molecule has 3 nitrogen and oxygen atoms in total. The third kappa shape index (κ3) is 1.35. The number of rotatable bonds is 1. The summed E-state index contributed by atoms with van der Waals surface area (Å²) in [6.07, 6.45) is 3.39. The van der Waals surface area contributed by atoms with E-state index in [1.54, 1.807) is 0 Å². The van der Waals surface area contributed by atoms with Crippen LogP contribution in [0.25, 0.3) is 0 Å². The van der Waals surface area contributed by atoms with Gasteiger partial charge in [-0.2, -0.15) is 0 Å². The van der Waals surface area contributed by atoms with Gasteiger partial charge >= 0.3 is 5.97 Å². The van der Waals surface area contributed by atoms with Gasteiger partial charge in [-0.15, -0.1) is 0 Å². The summed E-state index contributed by atoms with van der Waals surface area (Å²) in [6, 6.07) is 0. The van der Waals surface area contributed by atoms with Crippen molar-refractivity contribution in [3.63, 3.8) is 0 Å². The molecule has 1 saturated heterocycles. The van der Waals surface area contributed by atoms with Gasteiger partial charge in [-0.1, -0.05) is 13.3 Å². The average Bonchev–Trinajstić information content (AvgIpc) is 2.60. The van der Waals surface area contributed by atoms with Crippen LogP contribution in [0.15, 0.2) is 0 Å². The van der Waals surface area contributed by atoms with Gasteiger partial charge in [0.05, 0.1) is 5.92 Å². The lowest BCUT2D eigenvalue weighted by molar-refractivity contribution is -0.144. The van der Waals surface area contributed by atoms with Crippen molar-refractivity contribution >= 4 is 5.97 Å². The van der Waals surface area contributed by atoms with Crippen molar-refractivity contribution in [1.29, 1.82) is 0 Å². The molecular formula is C10H17NO2. The van der Waals surface area contributed by atoms with Crippen LogP contribution in [0, 0.1) is 17.3 Å². The lowest BCUT2D eigenvalue weighted by Gasteiger charge is -2.27. The molecular weight excluding hydrogens is 166 g/mol. The second-order valence-electron chi connectivity index (χ2n) is 4.73. The fourth-order valence-electron chi connectivity index (χ4n) is 3.06. The van der Waals surface area contributed by atoms with Gasteiger partial charge in [0.2, 0.25) is 0 Å². The van der Waals surface area contributed by atoms with Crippen LogP contribution in [-0.4, -0.2) is 24.2 Å². The van der Waals surface area contributed by atoms with Gasteiger partial charge in [-0.05, 0) is 24.2 Å². The standard InChI is InChI=1S/C10H17NO2/c1-7-2-3-10(4-7)6-11-5-8(10)9(12)13/h7-8,11H,2-6H2,1H3,(H,12,13). The summed E-state index contributed by atoms with van der Waals surface area (Å²) in [7, 11) is 0. The molecule has 0 aromatic carbocycles. The van der Waals surface area contributed by atoms with E-state index in [0.717, 1.165) is 19.4 Å². The Morgan fingerprint density at radius 1 is 1.62 bits per heavy atom. The monoisotopic (exact) mass is 183 g/mol. The van der Waals surface area contributed by atoms with E-state index in [0.29, 0.717) is 12.5 Å². The van der Waals surface area contributed by atoms with Crippen LogP contribution < -0.4 is 5.32 Å². The first-order valence-corrected chi connectivity index (χ1v) is 5.07. The van der Waals surface area contributed by atoms with Crippen LogP contribution in [0.3, 0.4) is 0 Å². The van der Waals surface area contributed by atoms with Gasteiger partial charge < -0.3 is 10.4 Å². The minimum atomic E-state index is -0.612. The Hall–Kier alpha value is -0.570. The molecule has 0 amide bonds. The van der Waals surface area contributed by atoms with Crippen molar-refractivity contribution in [2.45, 2.75) is 26.2 Å². The second kappa shape index (κ2) is 2.98. The molecule has 1 saturated carbocycles. The van der Waals surface area contributed by atoms with Gasteiger partial charge in [0.15, 0.2) is 0 Å². The van der Waals surface area contributed by atoms with Crippen molar-refractivity contribution in [2.24, 2.45) is 17.3 Å². The number of carbonyl (C=O) groups is 1. The van der Waals surface area contributed by atoms with Gasteiger partial charge in [0, 0.05) is 13.1 Å². The van der Waals surface area contributed by atoms with Gasteiger partial charge in [0.1, 0.15) is 0 Å². The molecule has 0 aromatic heterocycles. The minimum Gasteiger partial charge on any atom is -0.481 e. The van der Waals surface area contributed by atoms with Gasteiger partial charge in [-0.25, -0.2) is 0 Å². The molecule has 2 N–H and O–H groups in total. The second-order valence-corrected chi connectivity index (χ2v) is 4.73. The molecule has 74 valence electrons. The minimum absolute atomic E-state index is 0.0885. The molecule has 2 fully saturated rings. The van der Waals surface area contributed by atoms with E-state index in [4.69, 9.17) is 5.11 Å². The van der Waals surface area contributed by atoms with E-state index in [2.05, 4.69) is 12.2 Å². The van der Waals surface area contributed by atoms with Crippen LogP contribution in [0.4, 0.5) is 0 Å². The fraction of sp³-hybridized carbons (Fsp3) is 0.900. The molecule has 3 unspecified atom stereocenters. The number of carboxylic acid groups (broad SMARTS) is 1. The van der Waals surface area contributed by atoms with E-state index >= 15 is 0 Å². The molecule has 2 rings (SSSR count). The van der Waals surface area contributed by atoms with E-state index in [1.807, 2.05) is 0 Å². The molecule has 0 bridgehead atoms. The molecule has 1 aliphatic heterocycles. The maximum absolute atomic E-state index is 11.0. The van der Waals surface area contributed by atoms with Gasteiger partial charge in [0.25, 0.3) is 0 Å². The summed E-state index contributed by atoms with van der Waals surface area (Å²) in [4.78, 5) is 11.0. The Bertz CT molecular complexity index is 229. The van der Waals surface area contributed by atoms with Crippen molar-refractivity contribution in [2.75, 3.05) is 13.1 Å². The first kappa shape index (κ1) is 9.00. The van der Waals surface area contributed by atoms with Crippen LogP contribution in [-0.2, 0) is 4.79 Å². The summed E-state index contributed by atoms with van der Waals surface area (Å²) in [5.74, 6) is -0.0432. The summed E-state index contributed by atoms with van der Waals surface area (Å²) in [5.41, 5.74) is 0.0885. The number of hydrogen-bond donors (Lipinski definition) is 2. The average molecular weight is 183 g/mol. The normalized spacial score (nSPS) is 44.4. The van der Waals surface area contributed by atoms with Crippen molar-refractivity contribution in [3.8, 4) is 0 Å². The van der Waals surface area contributed by atoms with Crippen LogP contribution >= 0.6 is 0 Å². The maximum Gasteiger partial charge on any atom is 0.308 e. The molecule has 0 radical (unpaired) electrons. The lowest BCUT2D eigenvalue weighted by atomic mass is 9.76. The van der Waals surface area contributed by atoms with E-state index in [-0.39, 0.29) is 11.3 Å². The predicted molar refractivity (Wildman–Crippen MR) is 49.4 cm³/mol. The first-order valence-electron chi connectivity index (χ1n) is 5.07. The Morgan fingerprint density at radius 3 is 2.92 bits per heavy atom. The Labute approximate surface area is 78.5 Å². The first-order chi connectivity index (χ1) is 6.14. The van der Waals surface area contributed by atoms with Crippen LogP contribution in [0.5, 0.6) is 0 Å². The molecule has 3 atom stereocenters. The molecule has 1 heterocycles. The van der Waals surface area contributed by atoms with Crippen molar-refractivity contribution in [1.82, 2.24) is 5.32 Å². The topological polar surface area (TPSA) is 49.3 Å². The highest BCUT2D eigenvalue weighted by Crippen LogP contribution is 2.48. The molecule has 1 aliphatic carbocycles. The molecule has 13 heavy (non-hydrogen) atoms. The highest BCUT2D eigenvalue weighted by Gasteiger charge is 2.49. The zero-order chi connectivity index (χ0) is 9.47. The summed E-state index contributed by atoms with van der Waals surface area (Å²) in [5, 5.41) is 12.3. The van der Waals surface area contributed by atoms with Crippen molar-refractivity contribution in [3.05, 3.63) is 0 Å². The Kier molecular flexibility index (Phi) is 2.06. The van der Waals surface area contributed by atoms with E-state index in [1.165, 1.54) is 6.42 Å². The molecule has 0 aromatic rings. The highest BCUT2D eigenvalue weighted by molar-refractivity contribution is 5.72. The van der Waals surface area contributed by atoms with Crippen molar-refractivity contribution < 1.29 is 9.90 Å². The number of carboxylic acids is 1. The van der Waals surface area contributed by atoms with Crippen LogP contribution in [0.2, 0.25) is 0 Å². The smallest absolute Gasteiger partial charge is 0.308 e. The zero-order valence-electron chi connectivity index (χ0n) is 8.05. The third-order valence-corrected chi connectivity index (χ3v) is 3.75. The van der Waals surface area contributed by atoms with Gasteiger partial charge in [-0.3, -0.25) is 4.79 Å². The number of nitrogens with one attached hydrogen (secondary N) is 1. The maximum atomic E-state index is 11.0. The largest absolute Gasteiger partial charge is 0.481 e. The number of hydrogen-bond acceptors (Lipinski definition) is 2. The summed E-state index contributed by atoms with van der Waals surface area (Å²) >= 11 is 0. The Morgan fingerprint density at radius 2 is 2.38 bits per heavy atom.